The summed E-state index contributed by atoms with van der Waals surface area (Å²) in [7, 11) is -3.77. The molecular formula is C23H30ClN3O4S. The second-order valence-corrected chi connectivity index (χ2v) is 9.97. The van der Waals surface area contributed by atoms with E-state index in [1.54, 1.807) is 13.8 Å². The number of halogens is 1. The van der Waals surface area contributed by atoms with Gasteiger partial charge >= 0.3 is 0 Å². The maximum absolute atomic E-state index is 12.9. The van der Waals surface area contributed by atoms with Gasteiger partial charge in [0, 0.05) is 44.8 Å². The highest BCUT2D eigenvalue weighted by molar-refractivity contribution is 7.89. The van der Waals surface area contributed by atoms with Crippen LogP contribution < -0.4 is 5.32 Å². The fourth-order valence-electron chi connectivity index (χ4n) is 3.74. The zero-order chi connectivity index (χ0) is 23.1. The molecule has 32 heavy (non-hydrogen) atoms. The molecule has 1 N–H and O–H groups in total. The number of nitrogens with one attached hydrogen (secondary N) is 1. The molecule has 1 fully saturated rings. The molecule has 1 amide bonds. The summed E-state index contributed by atoms with van der Waals surface area (Å²) in [5, 5.41) is 2.96. The molecule has 1 heterocycles. The second-order valence-electron chi connectivity index (χ2n) is 7.66. The third-order valence-corrected chi connectivity index (χ3v) is 8.01. The first-order valence-corrected chi connectivity index (χ1v) is 12.6. The highest BCUT2D eigenvalue weighted by Crippen LogP contribution is 2.26. The summed E-state index contributed by atoms with van der Waals surface area (Å²) in [4.78, 5) is 15.0. The lowest BCUT2D eigenvalue weighted by Gasteiger charge is -2.33. The first-order valence-electron chi connectivity index (χ1n) is 10.8. The summed E-state index contributed by atoms with van der Waals surface area (Å²) in [5.74, 6) is -0.360. The van der Waals surface area contributed by atoms with Crippen LogP contribution in [0.15, 0.2) is 53.4 Å². The molecule has 7 nitrogen and oxygen atoms in total. The molecule has 0 aromatic heterocycles. The number of hydrogen-bond acceptors (Lipinski definition) is 5. The van der Waals surface area contributed by atoms with Crippen LogP contribution >= 0.6 is 11.6 Å². The van der Waals surface area contributed by atoms with Crippen molar-refractivity contribution in [2.24, 2.45) is 0 Å². The highest BCUT2D eigenvalue weighted by atomic mass is 35.5. The smallest absolute Gasteiger partial charge is 0.251 e. The predicted molar refractivity (Wildman–Crippen MR) is 125 cm³/mol. The zero-order valence-electron chi connectivity index (χ0n) is 18.5. The topological polar surface area (TPSA) is 79.0 Å². The normalized spacial score (nSPS) is 17.4. The van der Waals surface area contributed by atoms with Crippen LogP contribution in [0, 0.1) is 0 Å². The van der Waals surface area contributed by atoms with Crippen molar-refractivity contribution in [2.45, 2.75) is 31.4 Å². The summed E-state index contributed by atoms with van der Waals surface area (Å²) in [6.07, 6.45) is -0.136. The maximum atomic E-state index is 12.9. The third kappa shape index (κ3) is 6.08. The third-order valence-electron chi connectivity index (χ3n) is 5.48. The van der Waals surface area contributed by atoms with Gasteiger partial charge in [-0.3, -0.25) is 9.69 Å². The molecule has 2 aromatic rings. The number of amides is 1. The van der Waals surface area contributed by atoms with Crippen molar-refractivity contribution in [1.29, 1.82) is 0 Å². The summed E-state index contributed by atoms with van der Waals surface area (Å²) in [6.45, 7) is 7.48. The first-order chi connectivity index (χ1) is 15.3. The van der Waals surface area contributed by atoms with E-state index in [1.165, 1.54) is 28.1 Å². The van der Waals surface area contributed by atoms with Crippen LogP contribution in [0.1, 0.15) is 29.8 Å². The summed E-state index contributed by atoms with van der Waals surface area (Å²) in [6, 6.07) is 14.6. The van der Waals surface area contributed by atoms with Crippen molar-refractivity contribution in [1.82, 2.24) is 14.5 Å². The zero-order valence-corrected chi connectivity index (χ0v) is 20.0. The van der Waals surface area contributed by atoms with Crippen LogP contribution in [0.25, 0.3) is 0 Å². The summed E-state index contributed by atoms with van der Waals surface area (Å²) in [5.41, 5.74) is 1.48. The van der Waals surface area contributed by atoms with E-state index >= 15 is 0 Å². The van der Waals surface area contributed by atoms with Crippen LogP contribution in [0.4, 0.5) is 0 Å². The molecule has 1 atom stereocenters. The van der Waals surface area contributed by atoms with Crippen molar-refractivity contribution in [3.63, 3.8) is 0 Å². The maximum Gasteiger partial charge on any atom is 0.251 e. The molecule has 0 radical (unpaired) electrons. The lowest BCUT2D eigenvalue weighted by atomic mass is 10.2. The summed E-state index contributed by atoms with van der Waals surface area (Å²) >= 11 is 6.16. The quantitative estimate of drug-likeness (QED) is 0.598. The van der Waals surface area contributed by atoms with E-state index in [0.29, 0.717) is 32.8 Å². The molecule has 0 aliphatic carbocycles. The molecule has 9 heteroatoms. The monoisotopic (exact) mass is 479 g/mol. The van der Waals surface area contributed by atoms with Crippen molar-refractivity contribution in [3.05, 3.63) is 64.7 Å². The molecule has 1 saturated heterocycles. The van der Waals surface area contributed by atoms with Gasteiger partial charge in [-0.05, 0) is 23.8 Å². The molecule has 0 bridgehead atoms. The van der Waals surface area contributed by atoms with Gasteiger partial charge in [0.25, 0.3) is 5.91 Å². The Hall–Kier alpha value is -1.97. The Kier molecular flexibility index (Phi) is 8.67. The van der Waals surface area contributed by atoms with Crippen LogP contribution in [0.3, 0.4) is 0 Å². The summed E-state index contributed by atoms with van der Waals surface area (Å²) < 4.78 is 32.9. The number of nitrogens with zero attached hydrogens (tertiary/aromatic N) is 2. The molecular weight excluding hydrogens is 450 g/mol. The van der Waals surface area contributed by atoms with Gasteiger partial charge < -0.3 is 10.1 Å². The molecule has 0 unspecified atom stereocenters. The molecule has 0 spiro atoms. The van der Waals surface area contributed by atoms with Crippen LogP contribution in [-0.4, -0.2) is 69.0 Å². The minimum absolute atomic E-state index is 0.0570. The van der Waals surface area contributed by atoms with Gasteiger partial charge in [0.05, 0.1) is 17.7 Å². The standard InChI is InChI=1S/C23H30ClN3O4S/c1-3-27(4-2)32(29,30)22-14-19(10-11-21(22)24)23(28)25-15-20-17-26(12-13-31-20)16-18-8-6-5-7-9-18/h5-11,14,20H,3-4,12-13,15-17H2,1-2H3,(H,25,28)/t20-/m1/s1. The van der Waals surface area contributed by atoms with E-state index < -0.39 is 10.0 Å². The Labute approximate surface area is 195 Å². The van der Waals surface area contributed by atoms with E-state index in [1.807, 2.05) is 18.2 Å². The predicted octanol–water partition coefficient (Wildman–Crippen LogP) is 3.00. The Morgan fingerprint density at radius 2 is 1.91 bits per heavy atom. The fourth-order valence-corrected chi connectivity index (χ4v) is 5.70. The number of rotatable bonds is 9. The minimum Gasteiger partial charge on any atom is -0.374 e. The lowest BCUT2D eigenvalue weighted by Crippen LogP contribution is -2.47. The van der Waals surface area contributed by atoms with E-state index in [0.717, 1.165) is 13.1 Å². The van der Waals surface area contributed by atoms with E-state index in [-0.39, 0.29) is 27.5 Å². The van der Waals surface area contributed by atoms with Crippen molar-refractivity contribution < 1.29 is 17.9 Å². The van der Waals surface area contributed by atoms with E-state index in [9.17, 15) is 13.2 Å². The molecule has 2 aromatic carbocycles. The van der Waals surface area contributed by atoms with Gasteiger partial charge in [0.1, 0.15) is 4.90 Å². The fraction of sp³-hybridized carbons (Fsp3) is 0.435. The Bertz CT molecular complexity index is 1010. The number of carbonyl (C=O) groups is 1. The average Bonchev–Trinajstić information content (AvgIpc) is 2.79. The molecule has 1 aliphatic rings. The number of ether oxygens (including phenoxy) is 1. The Balaban J connectivity index is 1.62. The molecule has 1 aliphatic heterocycles. The van der Waals surface area contributed by atoms with Gasteiger partial charge in [-0.2, -0.15) is 4.31 Å². The van der Waals surface area contributed by atoms with Crippen molar-refractivity contribution in [3.8, 4) is 0 Å². The van der Waals surface area contributed by atoms with Crippen LogP contribution in [0.2, 0.25) is 5.02 Å². The molecule has 3 rings (SSSR count). The second kappa shape index (κ2) is 11.2. The average molecular weight is 480 g/mol. The number of morpholine rings is 1. The van der Waals surface area contributed by atoms with Gasteiger partial charge in [-0.15, -0.1) is 0 Å². The number of benzene rings is 2. The van der Waals surface area contributed by atoms with Gasteiger partial charge in [0.2, 0.25) is 10.0 Å². The number of sulfonamides is 1. The lowest BCUT2D eigenvalue weighted by molar-refractivity contribution is -0.0292. The number of hydrogen-bond donors (Lipinski definition) is 1. The minimum atomic E-state index is -3.77. The first kappa shape index (κ1) is 24.7. The largest absolute Gasteiger partial charge is 0.374 e. The number of carbonyl (C=O) groups excluding carboxylic acids is 1. The van der Waals surface area contributed by atoms with Crippen LogP contribution in [0.5, 0.6) is 0 Å². The van der Waals surface area contributed by atoms with Gasteiger partial charge in [0.15, 0.2) is 0 Å². The van der Waals surface area contributed by atoms with Crippen molar-refractivity contribution >= 4 is 27.5 Å². The van der Waals surface area contributed by atoms with Gasteiger partial charge in [-0.1, -0.05) is 55.8 Å². The molecule has 0 saturated carbocycles. The molecule has 174 valence electrons. The Morgan fingerprint density at radius 1 is 1.19 bits per heavy atom. The van der Waals surface area contributed by atoms with E-state index in [2.05, 4.69) is 22.3 Å². The highest BCUT2D eigenvalue weighted by Gasteiger charge is 2.26. The van der Waals surface area contributed by atoms with Crippen LogP contribution in [-0.2, 0) is 21.3 Å². The Morgan fingerprint density at radius 3 is 2.59 bits per heavy atom. The van der Waals surface area contributed by atoms with Gasteiger partial charge in [-0.25, -0.2) is 8.42 Å². The van der Waals surface area contributed by atoms with E-state index in [4.69, 9.17) is 16.3 Å². The SMILES string of the molecule is CCN(CC)S(=O)(=O)c1cc(C(=O)NC[C@@H]2CN(Cc3ccccc3)CCO2)ccc1Cl. The van der Waals surface area contributed by atoms with Crippen molar-refractivity contribution in [2.75, 3.05) is 39.3 Å².